The van der Waals surface area contributed by atoms with Crippen LogP contribution in [0, 0.1) is 0 Å². The zero-order valence-electron chi connectivity index (χ0n) is 12.3. The smallest absolute Gasteiger partial charge is 0.230 e. The van der Waals surface area contributed by atoms with Gasteiger partial charge in [-0.25, -0.2) is 0 Å². The fourth-order valence-electron chi connectivity index (χ4n) is 2.40. The van der Waals surface area contributed by atoms with E-state index in [2.05, 4.69) is 23.5 Å². The topological polar surface area (TPSA) is 29.1 Å². The van der Waals surface area contributed by atoms with Gasteiger partial charge in [0.25, 0.3) is 0 Å². The molecule has 0 saturated heterocycles. The second-order valence-corrected chi connectivity index (χ2v) is 5.40. The van der Waals surface area contributed by atoms with Crippen LogP contribution in [0.25, 0.3) is 11.1 Å². The highest BCUT2D eigenvalue weighted by Crippen LogP contribution is 2.33. The number of carbonyl (C=O) groups is 1. The fraction of sp³-hybridized carbons (Fsp3) is 0.278. The van der Waals surface area contributed by atoms with E-state index in [1.54, 1.807) is 0 Å². The van der Waals surface area contributed by atoms with Gasteiger partial charge < -0.3 is 5.32 Å². The van der Waals surface area contributed by atoms with Gasteiger partial charge >= 0.3 is 0 Å². The summed E-state index contributed by atoms with van der Waals surface area (Å²) in [6.07, 6.45) is 0. The first-order chi connectivity index (χ1) is 9.57. The van der Waals surface area contributed by atoms with Crippen LogP contribution in [0.1, 0.15) is 26.3 Å². The molecule has 20 heavy (non-hydrogen) atoms. The highest BCUT2D eigenvalue weighted by atomic mass is 16.2. The third-order valence-electron chi connectivity index (χ3n) is 3.59. The molecule has 0 aliphatic rings. The molecule has 0 aliphatic heterocycles. The number of hydrogen-bond donors (Lipinski definition) is 1. The maximum absolute atomic E-state index is 12.3. The summed E-state index contributed by atoms with van der Waals surface area (Å²) < 4.78 is 0. The Morgan fingerprint density at radius 1 is 1.00 bits per heavy atom. The van der Waals surface area contributed by atoms with Crippen molar-refractivity contribution >= 4 is 5.91 Å². The lowest BCUT2D eigenvalue weighted by Gasteiger charge is -2.26. The zero-order valence-corrected chi connectivity index (χ0v) is 12.3. The van der Waals surface area contributed by atoms with Crippen molar-refractivity contribution < 1.29 is 4.79 Å². The summed E-state index contributed by atoms with van der Waals surface area (Å²) in [5.74, 6) is 0.0587. The highest BCUT2D eigenvalue weighted by molar-refractivity contribution is 5.90. The van der Waals surface area contributed by atoms with Crippen molar-refractivity contribution in [3.8, 4) is 11.1 Å². The Hall–Kier alpha value is -2.09. The Kier molecular flexibility index (Phi) is 4.23. The lowest BCUT2D eigenvalue weighted by molar-refractivity contribution is -0.125. The normalized spacial score (nSPS) is 11.2. The second-order valence-electron chi connectivity index (χ2n) is 5.40. The van der Waals surface area contributed by atoms with Crippen molar-refractivity contribution in [2.24, 2.45) is 0 Å². The number of nitrogens with one attached hydrogen (secondary N) is 1. The molecule has 0 unspecified atom stereocenters. The first-order valence-electron chi connectivity index (χ1n) is 7.00. The van der Waals surface area contributed by atoms with Crippen LogP contribution in [0.3, 0.4) is 0 Å². The standard InChI is InChI=1S/C18H21NO/c1-4-19-17(20)18(2,3)16-13-9-8-12-15(16)14-10-6-5-7-11-14/h5-13H,4H2,1-3H3,(H,19,20). The maximum Gasteiger partial charge on any atom is 0.230 e. The van der Waals surface area contributed by atoms with Crippen LogP contribution < -0.4 is 5.32 Å². The summed E-state index contributed by atoms with van der Waals surface area (Å²) in [7, 11) is 0. The molecule has 0 atom stereocenters. The van der Waals surface area contributed by atoms with E-state index in [0.717, 1.165) is 16.7 Å². The lowest BCUT2D eigenvalue weighted by Crippen LogP contribution is -2.40. The number of carbonyl (C=O) groups excluding carboxylic acids is 1. The van der Waals surface area contributed by atoms with E-state index in [0.29, 0.717) is 6.54 Å². The minimum Gasteiger partial charge on any atom is -0.356 e. The molecule has 0 fully saturated rings. The Labute approximate surface area is 120 Å². The predicted molar refractivity (Wildman–Crippen MR) is 83.6 cm³/mol. The quantitative estimate of drug-likeness (QED) is 0.897. The van der Waals surface area contributed by atoms with E-state index < -0.39 is 5.41 Å². The van der Waals surface area contributed by atoms with Crippen LogP contribution in [-0.4, -0.2) is 12.5 Å². The third kappa shape index (κ3) is 2.74. The van der Waals surface area contributed by atoms with Crippen LogP contribution in [0.4, 0.5) is 0 Å². The van der Waals surface area contributed by atoms with Gasteiger partial charge in [0.2, 0.25) is 5.91 Å². The minimum absolute atomic E-state index is 0.0587. The number of likely N-dealkylation sites (N-methyl/N-ethyl adjacent to an activating group) is 1. The molecule has 2 heteroatoms. The molecule has 0 radical (unpaired) electrons. The molecule has 0 aliphatic carbocycles. The predicted octanol–water partition coefficient (Wildman–Crippen LogP) is 3.77. The Morgan fingerprint density at radius 3 is 2.25 bits per heavy atom. The molecule has 0 heterocycles. The van der Waals surface area contributed by atoms with Gasteiger partial charge in [-0.1, -0.05) is 54.6 Å². The van der Waals surface area contributed by atoms with Crippen molar-refractivity contribution in [1.29, 1.82) is 0 Å². The van der Waals surface area contributed by atoms with Crippen molar-refractivity contribution in [3.63, 3.8) is 0 Å². The largest absolute Gasteiger partial charge is 0.356 e. The first kappa shape index (κ1) is 14.3. The third-order valence-corrected chi connectivity index (χ3v) is 3.59. The molecular weight excluding hydrogens is 246 g/mol. The van der Waals surface area contributed by atoms with Crippen LogP contribution in [-0.2, 0) is 10.2 Å². The van der Waals surface area contributed by atoms with Gasteiger partial charge in [0, 0.05) is 6.54 Å². The van der Waals surface area contributed by atoms with Gasteiger partial charge in [0.05, 0.1) is 5.41 Å². The van der Waals surface area contributed by atoms with Gasteiger partial charge in [0.1, 0.15) is 0 Å². The molecule has 1 amide bonds. The Morgan fingerprint density at radius 2 is 1.60 bits per heavy atom. The molecule has 104 valence electrons. The van der Waals surface area contributed by atoms with E-state index in [4.69, 9.17) is 0 Å². The van der Waals surface area contributed by atoms with E-state index >= 15 is 0 Å². The Balaban J connectivity index is 2.50. The molecule has 0 aromatic heterocycles. The molecule has 0 spiro atoms. The molecule has 2 aromatic rings. The number of amides is 1. The van der Waals surface area contributed by atoms with E-state index in [-0.39, 0.29) is 5.91 Å². The fourth-order valence-corrected chi connectivity index (χ4v) is 2.40. The van der Waals surface area contributed by atoms with Crippen LogP contribution >= 0.6 is 0 Å². The summed E-state index contributed by atoms with van der Waals surface area (Å²) >= 11 is 0. The van der Waals surface area contributed by atoms with Crippen LogP contribution in [0.15, 0.2) is 54.6 Å². The summed E-state index contributed by atoms with van der Waals surface area (Å²) in [4.78, 5) is 12.3. The average molecular weight is 267 g/mol. The molecule has 2 nitrogen and oxygen atoms in total. The Bertz CT molecular complexity index is 587. The van der Waals surface area contributed by atoms with Gasteiger partial charge in [-0.2, -0.15) is 0 Å². The van der Waals surface area contributed by atoms with Gasteiger partial charge in [-0.3, -0.25) is 4.79 Å². The van der Waals surface area contributed by atoms with Crippen molar-refractivity contribution in [2.75, 3.05) is 6.54 Å². The van der Waals surface area contributed by atoms with Crippen LogP contribution in [0.5, 0.6) is 0 Å². The average Bonchev–Trinajstić information content (AvgIpc) is 2.48. The van der Waals surface area contributed by atoms with Crippen molar-refractivity contribution in [1.82, 2.24) is 5.32 Å². The van der Waals surface area contributed by atoms with E-state index in [1.807, 2.05) is 57.2 Å². The SMILES string of the molecule is CCNC(=O)C(C)(C)c1ccccc1-c1ccccc1. The van der Waals surface area contributed by atoms with Gasteiger partial charge in [-0.05, 0) is 37.5 Å². The number of hydrogen-bond acceptors (Lipinski definition) is 1. The monoisotopic (exact) mass is 267 g/mol. The number of rotatable bonds is 4. The van der Waals surface area contributed by atoms with Gasteiger partial charge in [0.15, 0.2) is 0 Å². The molecule has 1 N–H and O–H groups in total. The zero-order chi connectivity index (χ0) is 14.6. The molecule has 2 rings (SSSR count). The van der Waals surface area contributed by atoms with Gasteiger partial charge in [-0.15, -0.1) is 0 Å². The number of benzene rings is 2. The summed E-state index contributed by atoms with van der Waals surface area (Å²) in [6, 6.07) is 18.3. The van der Waals surface area contributed by atoms with E-state index in [1.165, 1.54) is 0 Å². The first-order valence-corrected chi connectivity index (χ1v) is 7.00. The minimum atomic E-state index is -0.553. The highest BCUT2D eigenvalue weighted by Gasteiger charge is 2.31. The summed E-state index contributed by atoms with van der Waals surface area (Å²) in [5.41, 5.74) is 2.75. The lowest BCUT2D eigenvalue weighted by atomic mass is 9.79. The van der Waals surface area contributed by atoms with Crippen molar-refractivity contribution in [3.05, 3.63) is 60.2 Å². The molecular formula is C18H21NO. The maximum atomic E-state index is 12.3. The van der Waals surface area contributed by atoms with Crippen LogP contribution in [0.2, 0.25) is 0 Å². The summed E-state index contributed by atoms with van der Waals surface area (Å²) in [6.45, 7) is 6.53. The second kappa shape index (κ2) is 5.91. The molecule has 2 aromatic carbocycles. The van der Waals surface area contributed by atoms with E-state index in [9.17, 15) is 4.79 Å². The summed E-state index contributed by atoms with van der Waals surface area (Å²) in [5, 5.41) is 2.92. The molecule has 0 bridgehead atoms. The molecule has 0 saturated carbocycles. The van der Waals surface area contributed by atoms with Crippen molar-refractivity contribution in [2.45, 2.75) is 26.2 Å².